The predicted molar refractivity (Wildman–Crippen MR) is 83.0 cm³/mol. The molecule has 3 rings (SSSR count). The van der Waals surface area contributed by atoms with Crippen LogP contribution in [0.5, 0.6) is 0 Å². The summed E-state index contributed by atoms with van der Waals surface area (Å²) < 4.78 is 0. The molecule has 0 aliphatic rings. The molecule has 98 valence electrons. The number of fused-ring (bicyclic) bond motifs is 1. The van der Waals surface area contributed by atoms with Crippen molar-refractivity contribution in [3.63, 3.8) is 0 Å². The van der Waals surface area contributed by atoms with E-state index in [9.17, 15) is 4.79 Å². The lowest BCUT2D eigenvalue weighted by Crippen LogP contribution is -2.03. The third-order valence-electron chi connectivity index (χ3n) is 3.55. The van der Waals surface area contributed by atoms with E-state index < -0.39 is 0 Å². The van der Waals surface area contributed by atoms with E-state index in [4.69, 9.17) is 5.73 Å². The minimum absolute atomic E-state index is 0.00227. The summed E-state index contributed by atoms with van der Waals surface area (Å²) in [6, 6.07) is 19.2. The van der Waals surface area contributed by atoms with Crippen molar-refractivity contribution in [1.29, 1.82) is 0 Å². The Kier molecular flexibility index (Phi) is 2.99. The maximum absolute atomic E-state index is 12.5. The van der Waals surface area contributed by atoms with Crippen LogP contribution in [0.15, 0.2) is 60.7 Å². The van der Waals surface area contributed by atoms with Gasteiger partial charge in [-0.15, -0.1) is 0 Å². The first-order chi connectivity index (χ1) is 9.65. The molecular formula is C18H15NO. The van der Waals surface area contributed by atoms with Gasteiger partial charge in [-0.2, -0.15) is 0 Å². The molecule has 2 heteroatoms. The number of nitrogens with two attached hydrogens (primary N) is 1. The van der Waals surface area contributed by atoms with E-state index in [2.05, 4.69) is 0 Å². The van der Waals surface area contributed by atoms with Crippen molar-refractivity contribution in [2.24, 2.45) is 0 Å². The quantitative estimate of drug-likeness (QED) is 0.560. The van der Waals surface area contributed by atoms with Crippen LogP contribution in [0.4, 0.5) is 5.69 Å². The Morgan fingerprint density at radius 2 is 1.50 bits per heavy atom. The molecule has 0 spiro atoms. The summed E-state index contributed by atoms with van der Waals surface area (Å²) in [6.07, 6.45) is 0. The molecular weight excluding hydrogens is 246 g/mol. The minimum Gasteiger partial charge on any atom is -0.398 e. The van der Waals surface area contributed by atoms with Gasteiger partial charge in [-0.1, -0.05) is 48.5 Å². The lowest BCUT2D eigenvalue weighted by atomic mass is 9.99. The van der Waals surface area contributed by atoms with Crippen LogP contribution in [0.1, 0.15) is 21.5 Å². The Morgan fingerprint density at radius 3 is 2.25 bits per heavy atom. The van der Waals surface area contributed by atoms with Gasteiger partial charge in [0.15, 0.2) is 5.78 Å². The Balaban J connectivity index is 2.05. The SMILES string of the molecule is Cc1ccc(C(=O)c2ccc3ccccc3c2)cc1N. The molecule has 3 aromatic rings. The van der Waals surface area contributed by atoms with Crippen LogP contribution in [-0.4, -0.2) is 5.78 Å². The minimum atomic E-state index is 0.00227. The largest absolute Gasteiger partial charge is 0.398 e. The lowest BCUT2D eigenvalue weighted by molar-refractivity contribution is 0.103. The normalized spacial score (nSPS) is 10.7. The maximum Gasteiger partial charge on any atom is 0.193 e. The number of hydrogen-bond donors (Lipinski definition) is 1. The summed E-state index contributed by atoms with van der Waals surface area (Å²) in [5.74, 6) is 0.00227. The van der Waals surface area contributed by atoms with Crippen LogP contribution in [0.25, 0.3) is 10.8 Å². The fourth-order valence-corrected chi connectivity index (χ4v) is 2.28. The van der Waals surface area contributed by atoms with Crippen molar-refractivity contribution in [3.8, 4) is 0 Å². The molecule has 0 heterocycles. The molecule has 0 aliphatic carbocycles. The zero-order chi connectivity index (χ0) is 14.1. The topological polar surface area (TPSA) is 43.1 Å². The lowest BCUT2D eigenvalue weighted by Gasteiger charge is -2.06. The van der Waals surface area contributed by atoms with Crippen molar-refractivity contribution in [3.05, 3.63) is 77.4 Å². The predicted octanol–water partition coefficient (Wildman–Crippen LogP) is 3.96. The van der Waals surface area contributed by atoms with Gasteiger partial charge in [0.05, 0.1) is 0 Å². The fourth-order valence-electron chi connectivity index (χ4n) is 2.28. The van der Waals surface area contributed by atoms with Crippen molar-refractivity contribution < 1.29 is 4.79 Å². The number of ketones is 1. The fraction of sp³-hybridized carbons (Fsp3) is 0.0556. The van der Waals surface area contributed by atoms with Crippen LogP contribution in [0.3, 0.4) is 0 Å². The highest BCUT2D eigenvalue weighted by atomic mass is 16.1. The molecule has 0 saturated heterocycles. The average Bonchev–Trinajstić information content (AvgIpc) is 2.49. The van der Waals surface area contributed by atoms with Gasteiger partial charge in [0.25, 0.3) is 0 Å². The third-order valence-corrected chi connectivity index (χ3v) is 3.55. The van der Waals surface area contributed by atoms with Crippen molar-refractivity contribution >= 4 is 22.2 Å². The van der Waals surface area contributed by atoms with E-state index in [1.807, 2.05) is 61.5 Å². The molecule has 20 heavy (non-hydrogen) atoms. The van der Waals surface area contributed by atoms with Gasteiger partial charge >= 0.3 is 0 Å². The van der Waals surface area contributed by atoms with Crippen LogP contribution in [-0.2, 0) is 0 Å². The zero-order valence-electron chi connectivity index (χ0n) is 11.3. The van der Waals surface area contributed by atoms with Crippen LogP contribution in [0, 0.1) is 6.92 Å². The smallest absolute Gasteiger partial charge is 0.193 e. The van der Waals surface area contributed by atoms with E-state index in [1.165, 1.54) is 0 Å². The summed E-state index contributed by atoms with van der Waals surface area (Å²) in [6.45, 7) is 1.93. The highest BCUT2D eigenvalue weighted by Gasteiger charge is 2.10. The molecule has 0 amide bonds. The first kappa shape index (κ1) is 12.4. The first-order valence-electron chi connectivity index (χ1n) is 6.55. The molecule has 2 nitrogen and oxygen atoms in total. The van der Waals surface area contributed by atoms with Gasteiger partial charge in [0.2, 0.25) is 0 Å². The number of benzene rings is 3. The summed E-state index contributed by atoms with van der Waals surface area (Å²) in [4.78, 5) is 12.5. The molecule has 2 N–H and O–H groups in total. The molecule has 0 unspecified atom stereocenters. The number of carbonyl (C=O) groups is 1. The zero-order valence-corrected chi connectivity index (χ0v) is 11.3. The Labute approximate surface area is 117 Å². The number of hydrogen-bond acceptors (Lipinski definition) is 2. The van der Waals surface area contributed by atoms with Crippen LogP contribution < -0.4 is 5.73 Å². The van der Waals surface area contributed by atoms with Gasteiger partial charge in [0, 0.05) is 16.8 Å². The number of anilines is 1. The van der Waals surface area contributed by atoms with Crippen molar-refractivity contribution in [2.45, 2.75) is 6.92 Å². The summed E-state index contributed by atoms with van der Waals surface area (Å²) >= 11 is 0. The third kappa shape index (κ3) is 2.16. The molecule has 0 atom stereocenters. The van der Waals surface area contributed by atoms with Gasteiger partial charge < -0.3 is 5.73 Å². The second-order valence-corrected chi connectivity index (χ2v) is 4.96. The summed E-state index contributed by atoms with van der Waals surface area (Å²) in [7, 11) is 0. The highest BCUT2D eigenvalue weighted by molar-refractivity contribution is 6.11. The van der Waals surface area contributed by atoms with E-state index in [0.717, 1.165) is 16.3 Å². The molecule has 0 aromatic heterocycles. The maximum atomic E-state index is 12.5. The second-order valence-electron chi connectivity index (χ2n) is 4.96. The monoisotopic (exact) mass is 261 g/mol. The van der Waals surface area contributed by atoms with Crippen molar-refractivity contribution in [2.75, 3.05) is 5.73 Å². The van der Waals surface area contributed by atoms with Gasteiger partial charge in [0.1, 0.15) is 0 Å². The van der Waals surface area contributed by atoms with E-state index >= 15 is 0 Å². The van der Waals surface area contributed by atoms with Gasteiger partial charge in [-0.05, 0) is 35.4 Å². The summed E-state index contributed by atoms with van der Waals surface area (Å²) in [5.41, 5.74) is 8.83. The Bertz CT molecular complexity index is 805. The molecule has 0 aliphatic heterocycles. The first-order valence-corrected chi connectivity index (χ1v) is 6.55. The van der Waals surface area contributed by atoms with Crippen LogP contribution in [0.2, 0.25) is 0 Å². The number of carbonyl (C=O) groups excluding carboxylic acids is 1. The summed E-state index contributed by atoms with van der Waals surface area (Å²) in [5, 5.41) is 2.20. The molecule has 0 fully saturated rings. The Morgan fingerprint density at radius 1 is 0.850 bits per heavy atom. The molecule has 0 saturated carbocycles. The molecule has 3 aromatic carbocycles. The average molecular weight is 261 g/mol. The van der Waals surface area contributed by atoms with E-state index in [0.29, 0.717) is 16.8 Å². The molecule has 0 bridgehead atoms. The molecule has 0 radical (unpaired) electrons. The van der Waals surface area contributed by atoms with Crippen LogP contribution >= 0.6 is 0 Å². The number of rotatable bonds is 2. The second kappa shape index (κ2) is 4.82. The van der Waals surface area contributed by atoms with Gasteiger partial charge in [-0.25, -0.2) is 0 Å². The van der Waals surface area contributed by atoms with E-state index in [1.54, 1.807) is 6.07 Å². The highest BCUT2D eigenvalue weighted by Crippen LogP contribution is 2.20. The number of aryl methyl sites for hydroxylation is 1. The van der Waals surface area contributed by atoms with Gasteiger partial charge in [-0.3, -0.25) is 4.79 Å². The number of nitrogen functional groups attached to an aromatic ring is 1. The van der Waals surface area contributed by atoms with E-state index in [-0.39, 0.29) is 5.78 Å². The van der Waals surface area contributed by atoms with Crippen molar-refractivity contribution in [1.82, 2.24) is 0 Å². The standard InChI is InChI=1S/C18H15NO/c1-12-6-7-16(11-17(12)19)18(20)15-9-8-13-4-2-3-5-14(13)10-15/h2-11H,19H2,1H3. The Hall–Kier alpha value is -2.61.